The summed E-state index contributed by atoms with van der Waals surface area (Å²) in [5.41, 5.74) is 1.17. The van der Waals surface area contributed by atoms with E-state index in [2.05, 4.69) is 11.2 Å². The van der Waals surface area contributed by atoms with Crippen LogP contribution in [0.4, 0.5) is 0 Å². The summed E-state index contributed by atoms with van der Waals surface area (Å²) in [5.74, 6) is 0.824. The Balaban J connectivity index is 2.47. The average molecular weight is 132 g/mol. The minimum Gasteiger partial charge on any atom is -0.357 e. The van der Waals surface area contributed by atoms with Crippen molar-refractivity contribution in [2.45, 2.75) is 6.42 Å². The molecule has 0 bridgehead atoms. The highest BCUT2D eigenvalue weighted by atomic mass is 16.6. The molecule has 0 spiro atoms. The van der Waals surface area contributed by atoms with E-state index in [-0.39, 0.29) is 0 Å². The highest BCUT2D eigenvalue weighted by Crippen LogP contribution is 2.19. The smallest absolute Gasteiger partial charge is 0.162 e. The molecule has 0 N–H and O–H groups in total. The summed E-state index contributed by atoms with van der Waals surface area (Å²) >= 11 is 0. The van der Waals surface area contributed by atoms with E-state index in [9.17, 15) is 0 Å². The van der Waals surface area contributed by atoms with E-state index in [0.29, 0.717) is 0 Å². The van der Waals surface area contributed by atoms with Crippen LogP contribution in [0.5, 0.6) is 5.75 Å². The van der Waals surface area contributed by atoms with Gasteiger partial charge in [0.05, 0.1) is 0 Å². The Hall–Kier alpha value is -1.31. The van der Waals surface area contributed by atoms with E-state index < -0.39 is 0 Å². The Bertz CT molecular complexity index is 241. The second-order valence-electron chi connectivity index (χ2n) is 2.12. The molecule has 0 aromatic heterocycles. The third-order valence-electron chi connectivity index (χ3n) is 1.45. The van der Waals surface area contributed by atoms with Gasteiger partial charge in [0.2, 0.25) is 0 Å². The molecule has 1 heterocycles. The first-order valence-corrected chi connectivity index (χ1v) is 3.14. The summed E-state index contributed by atoms with van der Waals surface area (Å²) in [6.07, 6.45) is 2.62. The minimum atomic E-state index is 0.824. The molecule has 1 aromatic carbocycles. The average Bonchev–Trinajstić information content (AvgIpc) is 2.05. The summed E-state index contributed by atoms with van der Waals surface area (Å²) in [5, 5.41) is 3.67. The number of hydrogen-bond acceptors (Lipinski definition) is 2. The lowest BCUT2D eigenvalue weighted by Gasteiger charge is -2.07. The van der Waals surface area contributed by atoms with Crippen molar-refractivity contribution in [2.75, 3.05) is 0 Å². The second kappa shape index (κ2) is 2.14. The predicted octanol–water partition coefficient (Wildman–Crippen LogP) is 1.41. The van der Waals surface area contributed by atoms with Crippen molar-refractivity contribution in [3.63, 3.8) is 0 Å². The fourth-order valence-corrected chi connectivity index (χ4v) is 0.931. The van der Waals surface area contributed by atoms with Crippen molar-refractivity contribution < 1.29 is 4.84 Å². The van der Waals surface area contributed by atoms with Crippen LogP contribution in [0.3, 0.4) is 0 Å². The van der Waals surface area contributed by atoms with Gasteiger partial charge in [-0.2, -0.15) is 0 Å². The zero-order valence-corrected chi connectivity index (χ0v) is 5.37. The SMILES string of the molecule is [c]1ccc2c(c1)ON=CC2. The zero-order valence-electron chi connectivity index (χ0n) is 5.37. The topological polar surface area (TPSA) is 21.6 Å². The fourth-order valence-electron chi connectivity index (χ4n) is 0.931. The quantitative estimate of drug-likeness (QED) is 0.523. The first-order chi connectivity index (χ1) is 4.97. The van der Waals surface area contributed by atoms with Crippen molar-refractivity contribution in [3.05, 3.63) is 29.8 Å². The maximum atomic E-state index is 4.96. The number of hydrogen-bond donors (Lipinski definition) is 0. The van der Waals surface area contributed by atoms with Gasteiger partial charge < -0.3 is 4.84 Å². The van der Waals surface area contributed by atoms with Crippen molar-refractivity contribution in [2.24, 2.45) is 5.16 Å². The van der Waals surface area contributed by atoms with Crippen molar-refractivity contribution in [3.8, 4) is 5.75 Å². The van der Waals surface area contributed by atoms with Gasteiger partial charge in [0.15, 0.2) is 5.75 Å². The maximum Gasteiger partial charge on any atom is 0.162 e. The van der Waals surface area contributed by atoms with Crippen LogP contribution in [0.15, 0.2) is 23.4 Å². The van der Waals surface area contributed by atoms with E-state index >= 15 is 0 Å². The number of rotatable bonds is 0. The Morgan fingerprint density at radius 3 is 3.50 bits per heavy atom. The summed E-state index contributed by atoms with van der Waals surface area (Å²) in [7, 11) is 0. The molecule has 1 aromatic rings. The summed E-state index contributed by atoms with van der Waals surface area (Å²) in [6, 6.07) is 8.58. The number of oxime groups is 1. The lowest BCUT2D eigenvalue weighted by Crippen LogP contribution is -1.98. The minimum absolute atomic E-state index is 0.824. The number of nitrogens with zero attached hydrogens (tertiary/aromatic N) is 1. The van der Waals surface area contributed by atoms with Gasteiger partial charge >= 0.3 is 0 Å². The van der Waals surface area contributed by atoms with Gasteiger partial charge in [0.25, 0.3) is 0 Å². The van der Waals surface area contributed by atoms with Crippen LogP contribution in [-0.4, -0.2) is 6.21 Å². The van der Waals surface area contributed by atoms with Crippen LogP contribution in [-0.2, 0) is 6.42 Å². The van der Waals surface area contributed by atoms with Crippen LogP contribution in [0, 0.1) is 6.07 Å². The molecule has 2 heteroatoms. The monoisotopic (exact) mass is 132 g/mol. The van der Waals surface area contributed by atoms with Crippen LogP contribution in [0.1, 0.15) is 5.56 Å². The van der Waals surface area contributed by atoms with Crippen LogP contribution in [0.25, 0.3) is 0 Å². The van der Waals surface area contributed by atoms with Gasteiger partial charge in [-0.25, -0.2) is 0 Å². The number of benzene rings is 1. The van der Waals surface area contributed by atoms with Crippen LogP contribution in [0.2, 0.25) is 0 Å². The van der Waals surface area contributed by atoms with Crippen molar-refractivity contribution in [1.29, 1.82) is 0 Å². The van der Waals surface area contributed by atoms with Gasteiger partial charge in [-0.1, -0.05) is 17.3 Å². The fraction of sp³-hybridized carbons (Fsp3) is 0.125. The molecule has 1 aliphatic rings. The highest BCUT2D eigenvalue weighted by molar-refractivity contribution is 5.64. The third kappa shape index (κ3) is 0.778. The van der Waals surface area contributed by atoms with E-state index in [1.807, 2.05) is 12.1 Å². The lowest BCUT2D eigenvalue weighted by molar-refractivity contribution is 0.333. The van der Waals surface area contributed by atoms with Gasteiger partial charge in [-0.05, 0) is 12.1 Å². The third-order valence-corrected chi connectivity index (χ3v) is 1.45. The Morgan fingerprint density at radius 2 is 2.60 bits per heavy atom. The molecule has 10 heavy (non-hydrogen) atoms. The number of fused-ring (bicyclic) bond motifs is 1. The first-order valence-electron chi connectivity index (χ1n) is 3.14. The predicted molar refractivity (Wildman–Crippen MR) is 38.1 cm³/mol. The molecule has 0 unspecified atom stereocenters. The van der Waals surface area contributed by atoms with E-state index in [1.54, 1.807) is 12.3 Å². The van der Waals surface area contributed by atoms with Crippen molar-refractivity contribution in [1.82, 2.24) is 0 Å². The van der Waals surface area contributed by atoms with Crippen LogP contribution >= 0.6 is 0 Å². The molecule has 0 aliphatic carbocycles. The highest BCUT2D eigenvalue weighted by Gasteiger charge is 2.04. The molecule has 0 amide bonds. The lowest BCUT2D eigenvalue weighted by atomic mass is 10.1. The van der Waals surface area contributed by atoms with E-state index in [1.165, 1.54) is 5.56 Å². The molecule has 2 nitrogen and oxygen atoms in total. The molecule has 0 saturated heterocycles. The van der Waals surface area contributed by atoms with Gasteiger partial charge in [-0.3, -0.25) is 0 Å². The molecule has 49 valence electrons. The molecular formula is C8H6NO. The standard InChI is InChI=1S/C8H6NO/c1-2-4-8-7(3-1)5-6-9-10-8/h1,3-4,6H,5H2. The summed E-state index contributed by atoms with van der Waals surface area (Å²) in [6.45, 7) is 0. The normalized spacial score (nSPS) is 14.0. The van der Waals surface area contributed by atoms with E-state index in [0.717, 1.165) is 12.2 Å². The van der Waals surface area contributed by atoms with Crippen molar-refractivity contribution >= 4 is 6.21 Å². The molecule has 1 radical (unpaired) electrons. The Kier molecular flexibility index (Phi) is 1.17. The first kappa shape index (κ1) is 5.47. The molecule has 2 rings (SSSR count). The second-order valence-corrected chi connectivity index (χ2v) is 2.12. The molecule has 0 saturated carbocycles. The Morgan fingerprint density at radius 1 is 1.60 bits per heavy atom. The van der Waals surface area contributed by atoms with E-state index in [4.69, 9.17) is 4.84 Å². The molecule has 1 aliphatic heterocycles. The molecular weight excluding hydrogens is 126 g/mol. The largest absolute Gasteiger partial charge is 0.357 e. The van der Waals surface area contributed by atoms with Gasteiger partial charge in [0.1, 0.15) is 0 Å². The van der Waals surface area contributed by atoms with Gasteiger partial charge in [-0.15, -0.1) is 0 Å². The molecule has 0 fully saturated rings. The van der Waals surface area contributed by atoms with Crippen LogP contribution < -0.4 is 4.84 Å². The molecule has 0 atom stereocenters. The zero-order chi connectivity index (χ0) is 6.81. The Labute approximate surface area is 59.1 Å². The maximum absolute atomic E-state index is 4.96. The summed E-state index contributed by atoms with van der Waals surface area (Å²) < 4.78 is 0. The summed E-state index contributed by atoms with van der Waals surface area (Å²) in [4.78, 5) is 4.96. The van der Waals surface area contributed by atoms with Gasteiger partial charge in [0, 0.05) is 18.2 Å².